The van der Waals surface area contributed by atoms with Crippen LogP contribution in [0.1, 0.15) is 0 Å². The summed E-state index contributed by atoms with van der Waals surface area (Å²) in [6.45, 7) is 0.652. The summed E-state index contributed by atoms with van der Waals surface area (Å²) in [5, 5.41) is 3.06. The van der Waals surface area contributed by atoms with Crippen LogP contribution in [0.3, 0.4) is 0 Å². The van der Waals surface area contributed by atoms with E-state index in [0.29, 0.717) is 18.1 Å². The maximum absolute atomic E-state index is 10.7. The summed E-state index contributed by atoms with van der Waals surface area (Å²) in [6, 6.07) is 3.66. The molecule has 0 spiro atoms. The zero-order valence-corrected chi connectivity index (χ0v) is 8.30. The molecule has 0 aromatic carbocycles. The number of nitrogens with two attached hydrogens (primary N) is 1. The van der Waals surface area contributed by atoms with Gasteiger partial charge in [-0.2, -0.15) is 0 Å². The highest BCUT2D eigenvalue weighted by Crippen LogP contribution is 2.12. The van der Waals surface area contributed by atoms with Gasteiger partial charge in [0.1, 0.15) is 5.82 Å². The van der Waals surface area contributed by atoms with E-state index in [1.807, 2.05) is 12.1 Å². The molecule has 0 aliphatic carbocycles. The minimum Gasteiger partial charge on any atom is -0.382 e. The Hall–Kier alpha value is -1.10. The smallest absolute Gasteiger partial charge is 0.146 e. The van der Waals surface area contributed by atoms with Gasteiger partial charge in [0.05, 0.1) is 5.69 Å². The highest BCUT2D eigenvalue weighted by molar-refractivity contribution is 7.84. The molecule has 1 rings (SSSR count). The van der Waals surface area contributed by atoms with E-state index in [4.69, 9.17) is 5.73 Å². The molecule has 0 bridgehead atoms. The van der Waals surface area contributed by atoms with Crippen molar-refractivity contribution in [2.75, 3.05) is 29.6 Å². The average molecular weight is 199 g/mol. The van der Waals surface area contributed by atoms with Crippen molar-refractivity contribution in [2.45, 2.75) is 0 Å². The molecule has 0 amide bonds. The number of anilines is 2. The zero-order valence-electron chi connectivity index (χ0n) is 7.49. The molecule has 1 aromatic heterocycles. The first-order valence-corrected chi connectivity index (χ1v) is 5.67. The highest BCUT2D eigenvalue weighted by atomic mass is 32.2. The Bertz CT molecular complexity index is 303. The summed E-state index contributed by atoms with van der Waals surface area (Å²) in [5.74, 6) is 1.10. The number of hydrogen-bond acceptors (Lipinski definition) is 4. The molecule has 1 aromatic rings. The quantitative estimate of drug-likeness (QED) is 0.739. The number of pyridine rings is 1. The van der Waals surface area contributed by atoms with Gasteiger partial charge in [-0.3, -0.25) is 4.21 Å². The topological polar surface area (TPSA) is 68.0 Å². The fraction of sp³-hybridized carbons (Fsp3) is 0.375. The molecular formula is C8H13N3OS. The Labute approximate surface area is 80.0 Å². The monoisotopic (exact) mass is 199 g/mol. The lowest BCUT2D eigenvalue weighted by molar-refractivity contribution is 0.687. The fourth-order valence-corrected chi connectivity index (χ4v) is 1.29. The van der Waals surface area contributed by atoms with Gasteiger partial charge in [-0.1, -0.05) is 0 Å². The van der Waals surface area contributed by atoms with Crippen LogP contribution >= 0.6 is 0 Å². The Morgan fingerprint density at radius 1 is 1.69 bits per heavy atom. The molecule has 13 heavy (non-hydrogen) atoms. The molecule has 1 atom stereocenters. The van der Waals surface area contributed by atoms with E-state index in [1.54, 1.807) is 12.5 Å². The largest absolute Gasteiger partial charge is 0.382 e. The Morgan fingerprint density at radius 3 is 3.08 bits per heavy atom. The van der Waals surface area contributed by atoms with Gasteiger partial charge in [0, 0.05) is 35.5 Å². The Kier molecular flexibility index (Phi) is 3.70. The van der Waals surface area contributed by atoms with E-state index in [9.17, 15) is 4.21 Å². The van der Waals surface area contributed by atoms with Gasteiger partial charge in [0.15, 0.2) is 0 Å². The second-order valence-corrected chi connectivity index (χ2v) is 4.19. The van der Waals surface area contributed by atoms with Crippen LogP contribution in [0, 0.1) is 0 Å². The van der Waals surface area contributed by atoms with Crippen LogP contribution in [0.4, 0.5) is 11.5 Å². The van der Waals surface area contributed by atoms with Crippen molar-refractivity contribution in [3.63, 3.8) is 0 Å². The summed E-state index contributed by atoms with van der Waals surface area (Å²) in [7, 11) is -0.770. The molecule has 1 heterocycles. The molecule has 4 nitrogen and oxygen atoms in total. The minimum atomic E-state index is -0.770. The van der Waals surface area contributed by atoms with Gasteiger partial charge in [-0.25, -0.2) is 4.98 Å². The molecule has 5 heteroatoms. The Balaban J connectivity index is 2.45. The zero-order chi connectivity index (χ0) is 9.68. The van der Waals surface area contributed by atoms with Crippen molar-refractivity contribution in [1.29, 1.82) is 0 Å². The van der Waals surface area contributed by atoms with Gasteiger partial charge >= 0.3 is 0 Å². The fourth-order valence-electron chi connectivity index (χ4n) is 0.896. The number of rotatable bonds is 4. The summed E-state index contributed by atoms with van der Waals surface area (Å²) < 4.78 is 10.7. The average Bonchev–Trinajstić information content (AvgIpc) is 2.08. The van der Waals surface area contributed by atoms with Crippen molar-refractivity contribution in [1.82, 2.24) is 4.98 Å². The van der Waals surface area contributed by atoms with Gasteiger partial charge in [-0.05, 0) is 12.1 Å². The highest BCUT2D eigenvalue weighted by Gasteiger charge is 1.97. The summed E-state index contributed by atoms with van der Waals surface area (Å²) in [5.41, 5.74) is 6.39. The SMILES string of the molecule is CS(=O)CCNc1cccnc1N. The molecule has 0 aliphatic heterocycles. The van der Waals surface area contributed by atoms with Gasteiger partial charge in [0.2, 0.25) is 0 Å². The maximum atomic E-state index is 10.7. The predicted molar refractivity (Wildman–Crippen MR) is 56.1 cm³/mol. The third kappa shape index (κ3) is 3.42. The molecule has 0 aliphatic rings. The number of nitrogen functional groups attached to an aromatic ring is 1. The molecule has 3 N–H and O–H groups in total. The van der Waals surface area contributed by atoms with Crippen molar-refractivity contribution in [3.8, 4) is 0 Å². The first kappa shape index (κ1) is 9.98. The summed E-state index contributed by atoms with van der Waals surface area (Å²) >= 11 is 0. The lowest BCUT2D eigenvalue weighted by Crippen LogP contribution is -2.11. The normalized spacial score (nSPS) is 12.4. The van der Waals surface area contributed by atoms with Gasteiger partial charge < -0.3 is 11.1 Å². The second kappa shape index (κ2) is 4.81. The molecule has 0 saturated carbocycles. The molecule has 1 unspecified atom stereocenters. The van der Waals surface area contributed by atoms with Crippen LogP contribution in [0.15, 0.2) is 18.3 Å². The van der Waals surface area contributed by atoms with Crippen LogP contribution in [0.5, 0.6) is 0 Å². The number of aromatic nitrogens is 1. The van der Waals surface area contributed by atoms with E-state index >= 15 is 0 Å². The van der Waals surface area contributed by atoms with Gasteiger partial charge in [0.25, 0.3) is 0 Å². The lowest BCUT2D eigenvalue weighted by atomic mass is 10.4. The summed E-state index contributed by atoms with van der Waals surface area (Å²) in [4.78, 5) is 3.92. The molecule has 0 saturated heterocycles. The van der Waals surface area contributed by atoms with Crippen LogP contribution in [-0.2, 0) is 10.8 Å². The van der Waals surface area contributed by atoms with E-state index in [-0.39, 0.29) is 0 Å². The number of hydrogen-bond donors (Lipinski definition) is 2. The van der Waals surface area contributed by atoms with E-state index in [0.717, 1.165) is 5.69 Å². The summed E-state index contributed by atoms with van der Waals surface area (Å²) in [6.07, 6.45) is 3.31. The first-order chi connectivity index (χ1) is 6.20. The van der Waals surface area contributed by atoms with Crippen LogP contribution in [-0.4, -0.2) is 27.7 Å². The third-order valence-corrected chi connectivity index (χ3v) is 2.32. The van der Waals surface area contributed by atoms with Crippen molar-refractivity contribution < 1.29 is 4.21 Å². The standard InChI is InChI=1S/C8H13N3OS/c1-13(12)6-5-10-7-3-2-4-11-8(7)9/h2-4,10H,5-6H2,1H3,(H2,9,11). The molecule has 0 fully saturated rings. The van der Waals surface area contributed by atoms with E-state index in [1.165, 1.54) is 0 Å². The number of nitrogens with one attached hydrogen (secondary N) is 1. The predicted octanol–water partition coefficient (Wildman–Crippen LogP) is 0.454. The molecular weight excluding hydrogens is 186 g/mol. The second-order valence-electron chi connectivity index (χ2n) is 2.64. The van der Waals surface area contributed by atoms with E-state index in [2.05, 4.69) is 10.3 Å². The molecule has 72 valence electrons. The number of nitrogens with zero attached hydrogens (tertiary/aromatic N) is 1. The lowest BCUT2D eigenvalue weighted by Gasteiger charge is -2.06. The van der Waals surface area contributed by atoms with Crippen molar-refractivity contribution in [2.24, 2.45) is 0 Å². The Morgan fingerprint density at radius 2 is 2.46 bits per heavy atom. The van der Waals surface area contributed by atoms with Gasteiger partial charge in [-0.15, -0.1) is 0 Å². The van der Waals surface area contributed by atoms with Crippen LogP contribution < -0.4 is 11.1 Å². The van der Waals surface area contributed by atoms with Crippen molar-refractivity contribution >= 4 is 22.3 Å². The van der Waals surface area contributed by atoms with Crippen LogP contribution in [0.2, 0.25) is 0 Å². The molecule has 0 radical (unpaired) electrons. The van der Waals surface area contributed by atoms with Crippen molar-refractivity contribution in [3.05, 3.63) is 18.3 Å². The first-order valence-electron chi connectivity index (χ1n) is 3.94. The third-order valence-electron chi connectivity index (χ3n) is 1.54. The van der Waals surface area contributed by atoms with Crippen LogP contribution in [0.25, 0.3) is 0 Å². The maximum Gasteiger partial charge on any atom is 0.146 e. The minimum absolute atomic E-state index is 0.476. The van der Waals surface area contributed by atoms with E-state index < -0.39 is 10.8 Å².